The molecule has 5 atom stereocenters. The van der Waals surface area contributed by atoms with Gasteiger partial charge >= 0.3 is 0 Å². The van der Waals surface area contributed by atoms with E-state index in [1.807, 2.05) is 0 Å². The van der Waals surface area contributed by atoms with E-state index in [9.17, 15) is 4.39 Å². The van der Waals surface area contributed by atoms with Gasteiger partial charge in [0.2, 0.25) is 0 Å². The average Bonchev–Trinajstić information content (AvgIpc) is 2.32. The maximum Gasteiger partial charge on any atom is 0.184 e. The quantitative estimate of drug-likeness (QED) is 0.387. The zero-order valence-corrected chi connectivity index (χ0v) is 6.17. The molecule has 12 heavy (non-hydrogen) atoms. The van der Waals surface area contributed by atoms with Crippen LogP contribution in [0.15, 0.2) is 0 Å². The third kappa shape index (κ3) is 1.57. The van der Waals surface area contributed by atoms with Crippen LogP contribution in [0.4, 0.5) is 4.39 Å². The van der Waals surface area contributed by atoms with Gasteiger partial charge in [-0.2, -0.15) is 0 Å². The molecule has 1 saturated heterocycles. The molecule has 0 bridgehead atoms. The number of halogens is 1. The number of hydrogen-bond donors (Lipinski definition) is 4. The summed E-state index contributed by atoms with van der Waals surface area (Å²) < 4.78 is 17.3. The Morgan fingerprint density at radius 3 is 2.33 bits per heavy atom. The van der Waals surface area contributed by atoms with Crippen molar-refractivity contribution in [3.8, 4) is 0 Å². The van der Waals surface area contributed by atoms with Gasteiger partial charge in [-0.25, -0.2) is 4.39 Å². The fourth-order valence-corrected chi connectivity index (χ4v) is 1.07. The van der Waals surface area contributed by atoms with Crippen molar-refractivity contribution in [3.63, 3.8) is 0 Å². The van der Waals surface area contributed by atoms with Crippen molar-refractivity contribution in [2.45, 2.75) is 30.8 Å². The molecular weight excluding hydrogens is 171 g/mol. The van der Waals surface area contributed by atoms with Gasteiger partial charge in [-0.3, -0.25) is 0 Å². The second-order valence-electron chi connectivity index (χ2n) is 2.68. The van der Waals surface area contributed by atoms with E-state index in [1.54, 1.807) is 0 Å². The van der Waals surface area contributed by atoms with E-state index < -0.39 is 37.4 Å². The van der Waals surface area contributed by atoms with Crippen molar-refractivity contribution in [3.05, 3.63) is 0 Å². The molecule has 0 unspecified atom stereocenters. The van der Waals surface area contributed by atoms with Gasteiger partial charge in [0.15, 0.2) is 12.5 Å². The molecule has 0 spiro atoms. The van der Waals surface area contributed by atoms with Gasteiger partial charge in [0.1, 0.15) is 18.3 Å². The van der Waals surface area contributed by atoms with E-state index >= 15 is 0 Å². The minimum Gasteiger partial charge on any atom is -0.394 e. The smallest absolute Gasteiger partial charge is 0.184 e. The first-order valence-corrected chi connectivity index (χ1v) is 3.52. The minimum atomic E-state index is -1.87. The Morgan fingerprint density at radius 1 is 1.42 bits per heavy atom. The van der Waals surface area contributed by atoms with Gasteiger partial charge in [-0.05, 0) is 0 Å². The van der Waals surface area contributed by atoms with Gasteiger partial charge in [-0.15, -0.1) is 0 Å². The highest BCUT2D eigenvalue weighted by Gasteiger charge is 2.46. The Balaban J connectivity index is 2.58. The average molecular weight is 182 g/mol. The Labute approximate surface area is 68.0 Å². The van der Waals surface area contributed by atoms with Crippen LogP contribution in [0.5, 0.6) is 0 Å². The normalized spacial score (nSPS) is 44.8. The fraction of sp³-hybridized carbons (Fsp3) is 1.00. The summed E-state index contributed by atoms with van der Waals surface area (Å²) in [6.45, 7) is -0.676. The maximum atomic E-state index is 12.9. The molecule has 0 radical (unpaired) electrons. The second-order valence-corrected chi connectivity index (χ2v) is 2.68. The van der Waals surface area contributed by atoms with E-state index in [0.29, 0.717) is 0 Å². The van der Waals surface area contributed by atoms with Gasteiger partial charge in [0.05, 0.1) is 6.61 Å². The standard InChI is InChI=1S/C6H11FO5/c7-3-4(10)6(11)12-5(3)2(9)1-8/h2-6,8-11H,1H2/t2-,3-,4-,5-,6-/m1/s1. The Hall–Kier alpha value is -0.270. The molecule has 0 aromatic heterocycles. The van der Waals surface area contributed by atoms with Crippen LogP contribution < -0.4 is 0 Å². The van der Waals surface area contributed by atoms with E-state index in [1.165, 1.54) is 0 Å². The number of ether oxygens (including phenoxy) is 1. The van der Waals surface area contributed by atoms with Crippen molar-refractivity contribution in [2.75, 3.05) is 6.61 Å². The van der Waals surface area contributed by atoms with Crippen LogP contribution in [0.3, 0.4) is 0 Å². The molecule has 0 aromatic rings. The summed E-state index contributed by atoms with van der Waals surface area (Å²) in [6, 6.07) is 0. The summed E-state index contributed by atoms with van der Waals surface area (Å²) >= 11 is 0. The third-order valence-corrected chi connectivity index (χ3v) is 1.80. The first kappa shape index (κ1) is 9.82. The first-order valence-electron chi connectivity index (χ1n) is 3.52. The Kier molecular flexibility index (Phi) is 2.97. The minimum absolute atomic E-state index is 0.676. The topological polar surface area (TPSA) is 90.2 Å². The van der Waals surface area contributed by atoms with Crippen molar-refractivity contribution >= 4 is 0 Å². The van der Waals surface area contributed by atoms with Crippen molar-refractivity contribution in [1.82, 2.24) is 0 Å². The maximum absolute atomic E-state index is 12.9. The lowest BCUT2D eigenvalue weighted by Gasteiger charge is -2.16. The first-order chi connectivity index (χ1) is 5.57. The molecule has 1 aliphatic rings. The van der Waals surface area contributed by atoms with Crippen molar-refractivity contribution in [1.29, 1.82) is 0 Å². The van der Waals surface area contributed by atoms with Crippen LogP contribution >= 0.6 is 0 Å². The molecular formula is C6H11FO5. The lowest BCUT2D eigenvalue weighted by Crippen LogP contribution is -2.37. The van der Waals surface area contributed by atoms with Crippen LogP contribution in [0.25, 0.3) is 0 Å². The summed E-state index contributed by atoms with van der Waals surface area (Å²) in [5.41, 5.74) is 0. The number of aliphatic hydroxyl groups excluding tert-OH is 4. The van der Waals surface area contributed by atoms with Crippen LogP contribution in [0.2, 0.25) is 0 Å². The SMILES string of the molecule is OC[C@@H](O)[C@H]1O[C@@H](O)[C@H](O)[C@H]1F. The summed E-state index contributed by atoms with van der Waals surface area (Å²) in [5.74, 6) is 0. The molecule has 1 fully saturated rings. The zero-order chi connectivity index (χ0) is 9.30. The summed E-state index contributed by atoms with van der Waals surface area (Å²) in [5, 5.41) is 35.0. The van der Waals surface area contributed by atoms with Gasteiger partial charge < -0.3 is 25.2 Å². The highest BCUT2D eigenvalue weighted by molar-refractivity contribution is 4.90. The van der Waals surface area contributed by atoms with Crippen molar-refractivity contribution < 1.29 is 29.6 Å². The fourth-order valence-electron chi connectivity index (χ4n) is 1.07. The van der Waals surface area contributed by atoms with E-state index in [2.05, 4.69) is 4.74 Å². The highest BCUT2D eigenvalue weighted by Crippen LogP contribution is 2.24. The van der Waals surface area contributed by atoms with E-state index in [4.69, 9.17) is 20.4 Å². The Bertz CT molecular complexity index is 155. The summed E-state index contributed by atoms with van der Waals surface area (Å²) in [4.78, 5) is 0. The molecule has 0 amide bonds. The molecule has 0 saturated carbocycles. The largest absolute Gasteiger partial charge is 0.394 e. The molecule has 0 aromatic carbocycles. The second kappa shape index (κ2) is 3.63. The number of alkyl halides is 1. The van der Waals surface area contributed by atoms with Crippen LogP contribution in [-0.2, 0) is 4.74 Å². The van der Waals surface area contributed by atoms with E-state index in [0.717, 1.165) is 0 Å². The number of aliphatic hydroxyl groups is 4. The van der Waals surface area contributed by atoms with Crippen molar-refractivity contribution in [2.24, 2.45) is 0 Å². The Morgan fingerprint density at radius 2 is 2.00 bits per heavy atom. The lowest BCUT2D eigenvalue weighted by molar-refractivity contribution is -0.149. The van der Waals surface area contributed by atoms with Crippen LogP contribution in [0, 0.1) is 0 Å². The number of hydrogen-bond acceptors (Lipinski definition) is 5. The highest BCUT2D eigenvalue weighted by atomic mass is 19.1. The van der Waals surface area contributed by atoms with Crippen LogP contribution in [0.1, 0.15) is 0 Å². The predicted octanol–water partition coefficient (Wildman–Crippen LogP) is -2.24. The molecule has 1 heterocycles. The molecule has 1 rings (SSSR count). The zero-order valence-electron chi connectivity index (χ0n) is 6.17. The van der Waals surface area contributed by atoms with Gasteiger partial charge in [-0.1, -0.05) is 0 Å². The molecule has 72 valence electrons. The molecule has 5 nitrogen and oxygen atoms in total. The van der Waals surface area contributed by atoms with Crippen LogP contribution in [-0.4, -0.2) is 57.8 Å². The van der Waals surface area contributed by atoms with Gasteiger partial charge in [0, 0.05) is 0 Å². The summed E-state index contributed by atoms with van der Waals surface area (Å²) in [7, 11) is 0. The summed E-state index contributed by atoms with van der Waals surface area (Å²) in [6.07, 6.45) is -7.95. The monoisotopic (exact) mass is 182 g/mol. The molecule has 1 aliphatic heterocycles. The molecule has 0 aliphatic carbocycles. The van der Waals surface area contributed by atoms with Gasteiger partial charge in [0.25, 0.3) is 0 Å². The lowest BCUT2D eigenvalue weighted by atomic mass is 10.1. The number of rotatable bonds is 2. The van der Waals surface area contributed by atoms with E-state index in [-0.39, 0.29) is 0 Å². The molecule has 6 heteroatoms. The molecule has 4 N–H and O–H groups in total. The third-order valence-electron chi connectivity index (χ3n) is 1.80. The predicted molar refractivity (Wildman–Crippen MR) is 34.9 cm³/mol.